The van der Waals surface area contributed by atoms with Gasteiger partial charge in [0.05, 0.1) is 39.5 Å². The highest BCUT2D eigenvalue weighted by Crippen LogP contribution is 2.24. The Balaban J connectivity index is 1.49. The SMILES string of the molecule is Cc1nn(Cn2ccc(C(=O)Nc3c(C)nn(Cc4ccc(F)cc4Cl)c3C)n2)c(C)c1Br. The summed E-state index contributed by atoms with van der Waals surface area (Å²) in [5.74, 6) is -0.733. The van der Waals surface area contributed by atoms with Crippen molar-refractivity contribution in [2.75, 3.05) is 5.32 Å². The van der Waals surface area contributed by atoms with Gasteiger partial charge in [-0.25, -0.2) is 9.07 Å². The Morgan fingerprint density at radius 1 is 1.06 bits per heavy atom. The van der Waals surface area contributed by atoms with Gasteiger partial charge in [0, 0.05) is 11.2 Å². The smallest absolute Gasteiger partial charge is 0.276 e. The molecule has 0 fully saturated rings. The molecule has 0 bridgehead atoms. The molecule has 0 aliphatic carbocycles. The molecule has 172 valence electrons. The van der Waals surface area contributed by atoms with Gasteiger partial charge < -0.3 is 5.32 Å². The van der Waals surface area contributed by atoms with Gasteiger partial charge >= 0.3 is 0 Å². The van der Waals surface area contributed by atoms with Crippen molar-refractivity contribution in [3.8, 4) is 0 Å². The van der Waals surface area contributed by atoms with Crippen molar-refractivity contribution in [1.29, 1.82) is 0 Å². The maximum absolute atomic E-state index is 13.3. The number of carbonyl (C=O) groups excluding carboxylic acids is 1. The lowest BCUT2D eigenvalue weighted by Crippen LogP contribution is -2.16. The molecule has 0 aliphatic rings. The van der Waals surface area contributed by atoms with Gasteiger partial charge in [-0.2, -0.15) is 15.3 Å². The zero-order valence-electron chi connectivity index (χ0n) is 18.5. The fourth-order valence-corrected chi connectivity index (χ4v) is 4.04. The van der Waals surface area contributed by atoms with E-state index in [9.17, 15) is 9.18 Å². The molecule has 0 unspecified atom stereocenters. The van der Waals surface area contributed by atoms with Crippen LogP contribution in [0.15, 0.2) is 34.9 Å². The predicted molar refractivity (Wildman–Crippen MR) is 127 cm³/mol. The number of carbonyl (C=O) groups is 1. The molecule has 0 saturated carbocycles. The van der Waals surface area contributed by atoms with Gasteiger partial charge in [0.1, 0.15) is 12.5 Å². The fourth-order valence-electron chi connectivity index (χ4n) is 3.53. The topological polar surface area (TPSA) is 82.6 Å². The van der Waals surface area contributed by atoms with Gasteiger partial charge in [-0.05, 0) is 67.4 Å². The molecular formula is C22H22BrClFN7O. The molecule has 1 N–H and O–H groups in total. The van der Waals surface area contributed by atoms with Crippen molar-refractivity contribution in [2.24, 2.45) is 0 Å². The molecule has 4 rings (SSSR count). The van der Waals surface area contributed by atoms with Crippen LogP contribution in [0.4, 0.5) is 10.1 Å². The Morgan fingerprint density at radius 2 is 1.79 bits per heavy atom. The Bertz CT molecular complexity index is 1360. The number of hydrogen-bond donors (Lipinski definition) is 1. The largest absolute Gasteiger partial charge is 0.317 e. The summed E-state index contributed by atoms with van der Waals surface area (Å²) >= 11 is 9.67. The van der Waals surface area contributed by atoms with Crippen LogP contribution in [-0.4, -0.2) is 35.2 Å². The molecule has 11 heteroatoms. The highest BCUT2D eigenvalue weighted by atomic mass is 79.9. The van der Waals surface area contributed by atoms with Crippen LogP contribution in [0.2, 0.25) is 5.02 Å². The lowest BCUT2D eigenvalue weighted by atomic mass is 10.2. The van der Waals surface area contributed by atoms with Crippen LogP contribution in [0.3, 0.4) is 0 Å². The lowest BCUT2D eigenvalue weighted by molar-refractivity contribution is 0.102. The van der Waals surface area contributed by atoms with Crippen molar-refractivity contribution in [3.63, 3.8) is 0 Å². The monoisotopic (exact) mass is 533 g/mol. The van der Waals surface area contributed by atoms with Crippen LogP contribution in [0, 0.1) is 33.5 Å². The van der Waals surface area contributed by atoms with E-state index in [1.165, 1.54) is 12.1 Å². The minimum absolute atomic E-state index is 0.281. The van der Waals surface area contributed by atoms with Crippen molar-refractivity contribution in [3.05, 3.63) is 79.8 Å². The summed E-state index contributed by atoms with van der Waals surface area (Å²) in [5.41, 5.74) is 4.91. The summed E-state index contributed by atoms with van der Waals surface area (Å²) in [6.45, 7) is 8.29. The van der Waals surface area contributed by atoms with E-state index in [1.807, 2.05) is 32.4 Å². The van der Waals surface area contributed by atoms with E-state index >= 15 is 0 Å². The number of rotatable bonds is 6. The third kappa shape index (κ3) is 4.72. The van der Waals surface area contributed by atoms with E-state index in [-0.39, 0.29) is 11.6 Å². The molecule has 8 nitrogen and oxygen atoms in total. The summed E-state index contributed by atoms with van der Waals surface area (Å²) in [6, 6.07) is 5.91. The van der Waals surface area contributed by atoms with E-state index in [2.05, 4.69) is 36.5 Å². The normalized spacial score (nSPS) is 11.2. The molecule has 3 heterocycles. The number of aromatic nitrogens is 6. The van der Waals surface area contributed by atoms with Gasteiger partial charge in [-0.1, -0.05) is 17.7 Å². The van der Waals surface area contributed by atoms with Crippen LogP contribution in [0.25, 0.3) is 0 Å². The Labute approximate surface area is 203 Å². The number of hydrogen-bond acceptors (Lipinski definition) is 4. The van der Waals surface area contributed by atoms with Gasteiger partial charge in [-0.3, -0.25) is 14.2 Å². The third-order valence-corrected chi connectivity index (χ3v) is 6.90. The molecule has 3 aromatic heterocycles. The van der Waals surface area contributed by atoms with E-state index < -0.39 is 5.82 Å². The second kappa shape index (κ2) is 9.11. The summed E-state index contributed by atoms with van der Waals surface area (Å²) in [6.07, 6.45) is 1.74. The number of amides is 1. The van der Waals surface area contributed by atoms with Crippen LogP contribution in [0.5, 0.6) is 0 Å². The van der Waals surface area contributed by atoms with Crippen LogP contribution in [-0.2, 0) is 13.2 Å². The van der Waals surface area contributed by atoms with Crippen LogP contribution in [0.1, 0.15) is 38.8 Å². The third-order valence-electron chi connectivity index (χ3n) is 5.40. The summed E-state index contributed by atoms with van der Waals surface area (Å²) in [7, 11) is 0. The summed E-state index contributed by atoms with van der Waals surface area (Å²) in [5, 5.41) is 16.6. The first-order chi connectivity index (χ1) is 15.6. The van der Waals surface area contributed by atoms with E-state index in [4.69, 9.17) is 11.6 Å². The van der Waals surface area contributed by atoms with Crippen molar-refractivity contribution in [1.82, 2.24) is 29.3 Å². The van der Waals surface area contributed by atoms with Gasteiger partial charge in [-0.15, -0.1) is 0 Å². The van der Waals surface area contributed by atoms with E-state index in [0.29, 0.717) is 29.6 Å². The molecule has 0 aliphatic heterocycles. The zero-order valence-corrected chi connectivity index (χ0v) is 20.9. The summed E-state index contributed by atoms with van der Waals surface area (Å²) < 4.78 is 19.5. The zero-order chi connectivity index (χ0) is 23.9. The first kappa shape index (κ1) is 23.2. The first-order valence-electron chi connectivity index (χ1n) is 10.2. The molecule has 33 heavy (non-hydrogen) atoms. The van der Waals surface area contributed by atoms with E-state index in [0.717, 1.165) is 27.1 Å². The highest BCUT2D eigenvalue weighted by Gasteiger charge is 2.18. The minimum atomic E-state index is -0.394. The molecule has 0 atom stereocenters. The quantitative estimate of drug-likeness (QED) is 0.383. The van der Waals surface area contributed by atoms with Crippen molar-refractivity contribution in [2.45, 2.75) is 40.9 Å². The molecule has 1 aromatic carbocycles. The highest BCUT2D eigenvalue weighted by molar-refractivity contribution is 9.10. The number of anilines is 1. The average molecular weight is 535 g/mol. The van der Waals surface area contributed by atoms with Crippen molar-refractivity contribution < 1.29 is 9.18 Å². The lowest BCUT2D eigenvalue weighted by Gasteiger charge is -2.08. The molecule has 0 spiro atoms. The van der Waals surface area contributed by atoms with E-state index in [1.54, 1.807) is 27.7 Å². The molecular weight excluding hydrogens is 513 g/mol. The minimum Gasteiger partial charge on any atom is -0.317 e. The molecule has 1 amide bonds. The predicted octanol–water partition coefficient (Wildman–Crippen LogP) is 4.87. The maximum Gasteiger partial charge on any atom is 0.276 e. The maximum atomic E-state index is 13.3. The first-order valence-corrected chi connectivity index (χ1v) is 11.3. The molecule has 0 saturated heterocycles. The van der Waals surface area contributed by atoms with Gasteiger partial charge in [0.2, 0.25) is 0 Å². The number of halogens is 3. The van der Waals surface area contributed by atoms with Crippen LogP contribution < -0.4 is 5.32 Å². The van der Waals surface area contributed by atoms with Crippen LogP contribution >= 0.6 is 27.5 Å². The second-order valence-corrected chi connectivity index (χ2v) is 8.96. The fraction of sp³-hybridized carbons (Fsp3) is 0.273. The average Bonchev–Trinajstić information content (AvgIpc) is 3.40. The second-order valence-electron chi connectivity index (χ2n) is 7.76. The molecule has 4 aromatic rings. The number of nitrogens with zero attached hydrogens (tertiary/aromatic N) is 6. The molecule has 0 radical (unpaired) electrons. The Morgan fingerprint density at radius 3 is 2.45 bits per heavy atom. The van der Waals surface area contributed by atoms with Gasteiger partial charge in [0.15, 0.2) is 5.69 Å². The van der Waals surface area contributed by atoms with Gasteiger partial charge in [0.25, 0.3) is 5.91 Å². The number of aryl methyl sites for hydroxylation is 2. The van der Waals surface area contributed by atoms with Crippen molar-refractivity contribution >= 4 is 39.1 Å². The Kier molecular flexibility index (Phi) is 6.40. The standard InChI is InChI=1S/C22H22BrClFN7O/c1-12-20(23)14(3)32(27-12)11-30-8-7-19(29-30)22(33)26-21-13(2)28-31(15(21)4)10-16-5-6-17(25)9-18(16)24/h5-9H,10-11H2,1-4H3,(H,26,33). The number of nitrogens with one attached hydrogen (secondary N) is 1. The Hall–Kier alpha value is -2.98. The number of benzene rings is 1. The summed E-state index contributed by atoms with van der Waals surface area (Å²) in [4.78, 5) is 12.9.